The molecule has 0 unspecified atom stereocenters. The van der Waals surface area contributed by atoms with Crippen molar-refractivity contribution in [1.82, 2.24) is 5.32 Å². The van der Waals surface area contributed by atoms with Gasteiger partial charge in [0.05, 0.1) is 16.6 Å². The molecule has 0 spiro atoms. The van der Waals surface area contributed by atoms with Crippen LogP contribution in [0, 0.1) is 13.8 Å². The van der Waals surface area contributed by atoms with Gasteiger partial charge in [0.15, 0.2) is 0 Å². The van der Waals surface area contributed by atoms with E-state index >= 15 is 0 Å². The SMILES string of the molecule is CCc1ccc([C@H](C)NC(=O)CN(c2ccc(C)cc2)S(=O)(=O)c2ccc(C)cc2)cc1. The van der Waals surface area contributed by atoms with E-state index in [0.29, 0.717) is 5.69 Å². The van der Waals surface area contributed by atoms with Gasteiger partial charge in [-0.15, -0.1) is 0 Å². The molecule has 32 heavy (non-hydrogen) atoms. The van der Waals surface area contributed by atoms with Crippen LogP contribution in [0.2, 0.25) is 0 Å². The van der Waals surface area contributed by atoms with E-state index in [1.165, 1.54) is 9.87 Å². The molecule has 1 amide bonds. The van der Waals surface area contributed by atoms with Crippen molar-refractivity contribution in [2.24, 2.45) is 0 Å². The number of aryl methyl sites for hydroxylation is 3. The summed E-state index contributed by atoms with van der Waals surface area (Å²) in [6.07, 6.45) is 0.948. The third-order valence-corrected chi connectivity index (χ3v) is 7.27. The van der Waals surface area contributed by atoms with Crippen LogP contribution < -0.4 is 9.62 Å². The molecule has 0 heterocycles. The van der Waals surface area contributed by atoms with Gasteiger partial charge in [0.25, 0.3) is 10.0 Å². The van der Waals surface area contributed by atoms with Gasteiger partial charge in [0.2, 0.25) is 5.91 Å². The summed E-state index contributed by atoms with van der Waals surface area (Å²) in [5.41, 5.74) is 4.62. The van der Waals surface area contributed by atoms with Crippen molar-refractivity contribution < 1.29 is 13.2 Å². The molecule has 0 aromatic heterocycles. The van der Waals surface area contributed by atoms with Gasteiger partial charge in [-0.3, -0.25) is 9.10 Å². The van der Waals surface area contributed by atoms with Crippen molar-refractivity contribution in [1.29, 1.82) is 0 Å². The molecule has 1 N–H and O–H groups in total. The van der Waals surface area contributed by atoms with E-state index in [-0.39, 0.29) is 23.4 Å². The van der Waals surface area contributed by atoms with Gasteiger partial charge in [-0.1, -0.05) is 66.6 Å². The summed E-state index contributed by atoms with van der Waals surface area (Å²) in [5.74, 6) is -0.367. The van der Waals surface area contributed by atoms with Crippen LogP contribution in [0.3, 0.4) is 0 Å². The Morgan fingerprint density at radius 2 is 1.41 bits per heavy atom. The fourth-order valence-electron chi connectivity index (χ4n) is 3.41. The zero-order valence-corrected chi connectivity index (χ0v) is 19.8. The van der Waals surface area contributed by atoms with Crippen molar-refractivity contribution in [3.63, 3.8) is 0 Å². The minimum absolute atomic E-state index is 0.152. The molecule has 0 saturated heterocycles. The maximum absolute atomic E-state index is 13.4. The molecule has 0 aliphatic heterocycles. The summed E-state index contributed by atoms with van der Waals surface area (Å²) < 4.78 is 28.0. The van der Waals surface area contributed by atoms with Crippen molar-refractivity contribution in [3.05, 3.63) is 95.1 Å². The van der Waals surface area contributed by atoms with E-state index < -0.39 is 10.0 Å². The second kappa shape index (κ2) is 10.0. The second-order valence-corrected chi connectivity index (χ2v) is 9.91. The highest BCUT2D eigenvalue weighted by atomic mass is 32.2. The largest absolute Gasteiger partial charge is 0.348 e. The number of sulfonamides is 1. The molecule has 0 aliphatic carbocycles. The van der Waals surface area contributed by atoms with E-state index in [1.54, 1.807) is 36.4 Å². The first kappa shape index (κ1) is 23.5. The van der Waals surface area contributed by atoms with Crippen LogP contribution in [-0.4, -0.2) is 20.9 Å². The molecule has 5 nitrogen and oxygen atoms in total. The van der Waals surface area contributed by atoms with Crippen LogP contribution in [0.15, 0.2) is 77.7 Å². The maximum Gasteiger partial charge on any atom is 0.264 e. The minimum atomic E-state index is -3.92. The number of carbonyl (C=O) groups excluding carboxylic acids is 1. The molecule has 0 fully saturated rings. The first-order chi connectivity index (χ1) is 15.2. The lowest BCUT2D eigenvalue weighted by atomic mass is 10.1. The van der Waals surface area contributed by atoms with E-state index in [4.69, 9.17) is 0 Å². The quantitative estimate of drug-likeness (QED) is 0.529. The van der Waals surface area contributed by atoms with Crippen LogP contribution in [-0.2, 0) is 21.2 Å². The highest BCUT2D eigenvalue weighted by Gasteiger charge is 2.27. The molecule has 6 heteroatoms. The van der Waals surface area contributed by atoms with Gasteiger partial charge in [-0.25, -0.2) is 8.42 Å². The standard InChI is InChI=1S/C26H30N2O3S/c1-5-22-10-12-23(13-11-22)21(4)27-26(29)18-28(24-14-6-19(2)7-15-24)32(30,31)25-16-8-20(3)9-17-25/h6-17,21H,5,18H2,1-4H3,(H,27,29)/t21-/m0/s1. The molecular weight excluding hydrogens is 420 g/mol. The number of nitrogens with one attached hydrogen (secondary N) is 1. The molecule has 3 aromatic rings. The van der Waals surface area contributed by atoms with Crippen molar-refractivity contribution >= 4 is 21.6 Å². The fourth-order valence-corrected chi connectivity index (χ4v) is 4.83. The van der Waals surface area contributed by atoms with E-state index in [2.05, 4.69) is 12.2 Å². The van der Waals surface area contributed by atoms with Crippen LogP contribution >= 0.6 is 0 Å². The Kier molecular flexibility index (Phi) is 7.36. The van der Waals surface area contributed by atoms with Gasteiger partial charge in [0, 0.05) is 0 Å². The number of nitrogens with zero attached hydrogens (tertiary/aromatic N) is 1. The van der Waals surface area contributed by atoms with Gasteiger partial charge in [-0.05, 0) is 62.6 Å². The molecule has 1 atom stereocenters. The lowest BCUT2D eigenvalue weighted by Gasteiger charge is -2.25. The minimum Gasteiger partial charge on any atom is -0.348 e. The van der Waals surface area contributed by atoms with E-state index in [0.717, 1.165) is 23.1 Å². The van der Waals surface area contributed by atoms with Crippen LogP contribution in [0.4, 0.5) is 5.69 Å². The van der Waals surface area contributed by atoms with Crippen LogP contribution in [0.5, 0.6) is 0 Å². The second-order valence-electron chi connectivity index (χ2n) is 8.04. The molecular formula is C26H30N2O3S. The summed E-state index contributed by atoms with van der Waals surface area (Å²) in [7, 11) is -3.92. The molecule has 0 radical (unpaired) electrons. The third-order valence-electron chi connectivity index (χ3n) is 5.48. The topological polar surface area (TPSA) is 66.5 Å². The molecule has 3 rings (SSSR count). The Balaban J connectivity index is 1.85. The van der Waals surface area contributed by atoms with E-state index in [1.807, 2.05) is 57.2 Å². The van der Waals surface area contributed by atoms with E-state index in [9.17, 15) is 13.2 Å². The number of rotatable bonds is 8. The van der Waals surface area contributed by atoms with Gasteiger partial charge in [0.1, 0.15) is 6.54 Å². The number of benzene rings is 3. The Labute approximate surface area is 191 Å². The van der Waals surface area contributed by atoms with Gasteiger partial charge in [-0.2, -0.15) is 0 Å². The number of amides is 1. The first-order valence-electron chi connectivity index (χ1n) is 10.7. The lowest BCUT2D eigenvalue weighted by molar-refractivity contribution is -0.120. The van der Waals surface area contributed by atoms with Crippen molar-refractivity contribution in [2.75, 3.05) is 10.8 Å². The molecule has 0 saturated carbocycles. The Morgan fingerprint density at radius 3 is 1.94 bits per heavy atom. The average molecular weight is 451 g/mol. The van der Waals surface area contributed by atoms with Gasteiger partial charge >= 0.3 is 0 Å². The van der Waals surface area contributed by atoms with Crippen molar-refractivity contribution in [3.8, 4) is 0 Å². The highest BCUT2D eigenvalue weighted by molar-refractivity contribution is 7.92. The monoisotopic (exact) mass is 450 g/mol. The van der Waals surface area contributed by atoms with Gasteiger partial charge < -0.3 is 5.32 Å². The number of hydrogen-bond acceptors (Lipinski definition) is 3. The maximum atomic E-state index is 13.4. The van der Waals surface area contributed by atoms with Crippen molar-refractivity contribution in [2.45, 2.75) is 45.1 Å². The highest BCUT2D eigenvalue weighted by Crippen LogP contribution is 2.24. The fraction of sp³-hybridized carbons (Fsp3) is 0.269. The smallest absolute Gasteiger partial charge is 0.264 e. The predicted molar refractivity (Wildman–Crippen MR) is 129 cm³/mol. The lowest BCUT2D eigenvalue weighted by Crippen LogP contribution is -2.41. The Morgan fingerprint density at radius 1 is 0.875 bits per heavy atom. The summed E-state index contributed by atoms with van der Waals surface area (Å²) in [4.78, 5) is 13.1. The Bertz CT molecular complexity index is 1150. The number of carbonyl (C=O) groups is 1. The molecule has 168 valence electrons. The normalized spacial score (nSPS) is 12.2. The number of hydrogen-bond donors (Lipinski definition) is 1. The Hall–Kier alpha value is -3.12. The van der Waals surface area contributed by atoms with Crippen LogP contribution in [0.25, 0.3) is 0 Å². The predicted octanol–water partition coefficient (Wildman–Crippen LogP) is 4.94. The molecule has 3 aromatic carbocycles. The molecule has 0 aliphatic rings. The third kappa shape index (κ3) is 5.56. The zero-order valence-electron chi connectivity index (χ0n) is 19.0. The average Bonchev–Trinajstić information content (AvgIpc) is 2.78. The summed E-state index contributed by atoms with van der Waals surface area (Å²) in [5, 5.41) is 2.93. The summed E-state index contributed by atoms with van der Waals surface area (Å²) >= 11 is 0. The first-order valence-corrected chi connectivity index (χ1v) is 12.2. The summed E-state index contributed by atoms with van der Waals surface area (Å²) in [6.45, 7) is 7.51. The summed E-state index contributed by atoms with van der Waals surface area (Å²) in [6, 6.07) is 21.6. The number of anilines is 1. The molecule has 0 bridgehead atoms. The zero-order chi connectivity index (χ0) is 23.3. The van der Waals surface area contributed by atoms with Crippen LogP contribution in [0.1, 0.15) is 42.1 Å².